The molecule has 2 heterocycles. The topological polar surface area (TPSA) is 29.3 Å². The Balaban J connectivity index is 1.27. The lowest BCUT2D eigenvalue weighted by Gasteiger charge is -2.26. The highest BCUT2D eigenvalue weighted by atomic mass is 16.3. The van der Waals surface area contributed by atoms with Crippen molar-refractivity contribution < 1.29 is 4.42 Å². The molecule has 8 rings (SSSR count). The van der Waals surface area contributed by atoms with Gasteiger partial charge in [-0.1, -0.05) is 91.0 Å². The van der Waals surface area contributed by atoms with Gasteiger partial charge in [0.2, 0.25) is 0 Å². The van der Waals surface area contributed by atoms with Crippen molar-refractivity contribution in [3.8, 4) is 22.3 Å². The van der Waals surface area contributed by atoms with E-state index in [1.54, 1.807) is 6.20 Å². The highest BCUT2D eigenvalue weighted by Crippen LogP contribution is 2.40. The van der Waals surface area contributed by atoms with Gasteiger partial charge in [-0.15, -0.1) is 0 Å². The zero-order chi connectivity index (χ0) is 27.9. The van der Waals surface area contributed by atoms with Crippen molar-refractivity contribution in [3.63, 3.8) is 0 Å². The number of anilines is 3. The summed E-state index contributed by atoms with van der Waals surface area (Å²) in [6, 6.07) is 51.5. The van der Waals surface area contributed by atoms with E-state index >= 15 is 0 Å². The van der Waals surface area contributed by atoms with E-state index in [0.29, 0.717) is 0 Å². The molecule has 0 fully saturated rings. The highest BCUT2D eigenvalue weighted by Gasteiger charge is 2.16. The Bertz CT molecular complexity index is 2180. The highest BCUT2D eigenvalue weighted by molar-refractivity contribution is 6.06. The quantitative estimate of drug-likeness (QED) is 0.218. The van der Waals surface area contributed by atoms with Gasteiger partial charge in [-0.05, 0) is 87.6 Å². The number of nitrogens with zero attached hydrogens (tertiary/aromatic N) is 2. The van der Waals surface area contributed by atoms with Crippen LogP contribution in [-0.2, 0) is 0 Å². The minimum absolute atomic E-state index is 0.843. The molecule has 0 atom stereocenters. The molecule has 0 saturated carbocycles. The average molecular weight is 539 g/mol. The molecule has 6 aromatic carbocycles. The third-order valence-corrected chi connectivity index (χ3v) is 7.93. The summed E-state index contributed by atoms with van der Waals surface area (Å²) in [5.74, 6) is 0. The fourth-order valence-corrected chi connectivity index (χ4v) is 5.81. The van der Waals surface area contributed by atoms with Gasteiger partial charge in [0, 0.05) is 40.2 Å². The Labute approximate surface area is 243 Å². The zero-order valence-electron chi connectivity index (χ0n) is 22.8. The molecule has 0 aliphatic rings. The van der Waals surface area contributed by atoms with E-state index in [1.807, 2.05) is 18.3 Å². The molecule has 3 nitrogen and oxygen atoms in total. The van der Waals surface area contributed by atoms with Crippen molar-refractivity contribution in [2.24, 2.45) is 0 Å². The van der Waals surface area contributed by atoms with E-state index in [2.05, 4.69) is 143 Å². The number of rotatable bonds is 5. The fourth-order valence-electron chi connectivity index (χ4n) is 5.81. The van der Waals surface area contributed by atoms with Crippen molar-refractivity contribution >= 4 is 49.8 Å². The third kappa shape index (κ3) is 4.29. The minimum Gasteiger partial charge on any atom is -0.456 e. The molecular formula is C39H26N2O. The molecule has 0 aliphatic carbocycles. The second-order valence-corrected chi connectivity index (χ2v) is 10.5. The summed E-state index contributed by atoms with van der Waals surface area (Å²) in [7, 11) is 0. The van der Waals surface area contributed by atoms with Gasteiger partial charge in [-0.3, -0.25) is 4.98 Å². The number of benzene rings is 6. The summed E-state index contributed by atoms with van der Waals surface area (Å²) in [5.41, 5.74) is 9.76. The van der Waals surface area contributed by atoms with Crippen molar-refractivity contribution in [3.05, 3.63) is 158 Å². The van der Waals surface area contributed by atoms with Crippen LogP contribution in [-0.4, -0.2) is 4.98 Å². The zero-order valence-corrected chi connectivity index (χ0v) is 22.8. The molecule has 0 radical (unpaired) electrons. The molecule has 3 heteroatoms. The van der Waals surface area contributed by atoms with Gasteiger partial charge >= 0.3 is 0 Å². The molecule has 0 bridgehead atoms. The van der Waals surface area contributed by atoms with Crippen LogP contribution in [0, 0.1) is 0 Å². The molecule has 8 aromatic rings. The van der Waals surface area contributed by atoms with E-state index < -0.39 is 0 Å². The first kappa shape index (κ1) is 24.2. The Morgan fingerprint density at radius 1 is 0.429 bits per heavy atom. The van der Waals surface area contributed by atoms with Crippen molar-refractivity contribution in [2.75, 3.05) is 4.90 Å². The van der Waals surface area contributed by atoms with E-state index in [0.717, 1.165) is 39.0 Å². The number of hydrogen-bond donors (Lipinski definition) is 0. The number of pyridine rings is 1. The molecule has 0 aliphatic heterocycles. The lowest BCUT2D eigenvalue weighted by molar-refractivity contribution is 0.668. The van der Waals surface area contributed by atoms with Crippen LogP contribution in [0.25, 0.3) is 55.0 Å². The predicted molar refractivity (Wildman–Crippen MR) is 175 cm³/mol. The second kappa shape index (κ2) is 10.1. The summed E-state index contributed by atoms with van der Waals surface area (Å²) < 4.78 is 6.11. The van der Waals surface area contributed by atoms with Crippen LogP contribution < -0.4 is 4.90 Å². The average Bonchev–Trinajstić information content (AvgIpc) is 3.44. The maximum absolute atomic E-state index is 6.11. The van der Waals surface area contributed by atoms with Gasteiger partial charge in [0.15, 0.2) is 0 Å². The van der Waals surface area contributed by atoms with Crippen LogP contribution in [0.3, 0.4) is 0 Å². The molecule has 2 aromatic heterocycles. The van der Waals surface area contributed by atoms with Crippen LogP contribution in [0.1, 0.15) is 0 Å². The normalized spacial score (nSPS) is 11.3. The molecule has 0 N–H and O–H groups in total. The first-order chi connectivity index (χ1) is 20.8. The lowest BCUT2D eigenvalue weighted by atomic mass is 10.0. The second-order valence-electron chi connectivity index (χ2n) is 10.5. The minimum atomic E-state index is 0.843. The molecule has 0 unspecified atom stereocenters. The summed E-state index contributed by atoms with van der Waals surface area (Å²) in [6.45, 7) is 0. The number of aromatic nitrogens is 1. The smallest absolute Gasteiger partial charge is 0.138 e. The fraction of sp³-hybridized carbons (Fsp3) is 0. The number of furan rings is 1. The number of fused-ring (bicyclic) bond motifs is 4. The largest absolute Gasteiger partial charge is 0.456 e. The SMILES string of the molecule is c1ccc(-c2ccc(N(c3ccc4cc(-c5ccccc5)ccc4c3)c3ccc4oc5ccncc5c4c3)cc2)cc1. The van der Waals surface area contributed by atoms with E-state index in [1.165, 1.54) is 33.0 Å². The van der Waals surface area contributed by atoms with Gasteiger partial charge < -0.3 is 9.32 Å². The van der Waals surface area contributed by atoms with Crippen LogP contribution in [0.5, 0.6) is 0 Å². The first-order valence-corrected chi connectivity index (χ1v) is 14.1. The van der Waals surface area contributed by atoms with Crippen molar-refractivity contribution in [1.29, 1.82) is 0 Å². The standard InChI is InChI=1S/C39H26N2O/c1-3-7-27(8-4-1)29-13-16-33(17-14-29)41(35-19-20-38-36(25-35)37-26-40-22-21-39(37)42-38)34-18-15-31-23-30(11-12-32(31)24-34)28-9-5-2-6-10-28/h1-26H. The van der Waals surface area contributed by atoms with Gasteiger partial charge in [0.1, 0.15) is 11.2 Å². The molecular weight excluding hydrogens is 512 g/mol. The van der Waals surface area contributed by atoms with Gasteiger partial charge in [0.25, 0.3) is 0 Å². The maximum atomic E-state index is 6.11. The molecule has 42 heavy (non-hydrogen) atoms. The van der Waals surface area contributed by atoms with Gasteiger partial charge in [-0.25, -0.2) is 0 Å². The maximum Gasteiger partial charge on any atom is 0.138 e. The Morgan fingerprint density at radius 2 is 1.00 bits per heavy atom. The van der Waals surface area contributed by atoms with E-state index in [4.69, 9.17) is 4.42 Å². The van der Waals surface area contributed by atoms with Crippen LogP contribution in [0.15, 0.2) is 162 Å². The van der Waals surface area contributed by atoms with E-state index in [9.17, 15) is 0 Å². The van der Waals surface area contributed by atoms with Crippen molar-refractivity contribution in [2.45, 2.75) is 0 Å². The van der Waals surface area contributed by atoms with Crippen molar-refractivity contribution in [1.82, 2.24) is 4.98 Å². The summed E-state index contributed by atoms with van der Waals surface area (Å²) in [5, 5.41) is 4.47. The predicted octanol–water partition coefficient (Wildman–Crippen LogP) is 10.9. The van der Waals surface area contributed by atoms with E-state index in [-0.39, 0.29) is 0 Å². The lowest BCUT2D eigenvalue weighted by Crippen LogP contribution is -2.09. The summed E-state index contributed by atoms with van der Waals surface area (Å²) >= 11 is 0. The molecule has 198 valence electrons. The van der Waals surface area contributed by atoms with Crippen LogP contribution in [0.2, 0.25) is 0 Å². The third-order valence-electron chi connectivity index (χ3n) is 7.93. The van der Waals surface area contributed by atoms with Crippen LogP contribution in [0.4, 0.5) is 17.1 Å². The Kier molecular flexibility index (Phi) is 5.79. The molecule has 0 spiro atoms. The summed E-state index contributed by atoms with van der Waals surface area (Å²) in [4.78, 5) is 6.67. The van der Waals surface area contributed by atoms with Gasteiger partial charge in [0.05, 0.1) is 0 Å². The molecule has 0 saturated heterocycles. The molecule has 0 amide bonds. The van der Waals surface area contributed by atoms with Gasteiger partial charge in [-0.2, -0.15) is 0 Å². The van der Waals surface area contributed by atoms with Crippen LogP contribution >= 0.6 is 0 Å². The number of hydrogen-bond acceptors (Lipinski definition) is 3. The first-order valence-electron chi connectivity index (χ1n) is 14.1. The monoisotopic (exact) mass is 538 g/mol. The Morgan fingerprint density at radius 3 is 1.79 bits per heavy atom. The Hall–Kier alpha value is -5.67. The summed E-state index contributed by atoms with van der Waals surface area (Å²) in [6.07, 6.45) is 3.65.